The summed E-state index contributed by atoms with van der Waals surface area (Å²) in [6.45, 7) is 0. The molecule has 0 aliphatic heterocycles. The van der Waals surface area contributed by atoms with Crippen molar-refractivity contribution >= 4 is 0 Å². The number of nitriles is 1. The molecule has 0 aromatic rings. The second-order valence-electron chi connectivity index (χ2n) is 2.74. The van der Waals surface area contributed by atoms with Crippen LogP contribution in [0.3, 0.4) is 0 Å². The fourth-order valence-corrected chi connectivity index (χ4v) is 1.18. The third-order valence-corrected chi connectivity index (χ3v) is 2.11. The summed E-state index contributed by atoms with van der Waals surface area (Å²) in [4.78, 5) is 0. The summed E-state index contributed by atoms with van der Waals surface area (Å²) in [5, 5.41) is 14.8. The minimum absolute atomic E-state index is 0.0835. The van der Waals surface area contributed by atoms with Gasteiger partial charge < -0.3 is 0 Å². The molecule has 0 aromatic carbocycles. The molecule has 0 heterocycles. The van der Waals surface area contributed by atoms with E-state index in [2.05, 4.69) is 16.7 Å². The molecule has 0 bridgehead atoms. The molecule has 3 heteroatoms. The van der Waals surface area contributed by atoms with Gasteiger partial charge in [0.1, 0.15) is 5.66 Å². The Morgan fingerprint density at radius 2 is 1.75 bits per heavy atom. The van der Waals surface area contributed by atoms with Crippen LogP contribution in [-0.4, -0.2) is 19.8 Å². The zero-order chi connectivity index (χ0) is 9.03. The smallest absolute Gasteiger partial charge is 0.107 e. The van der Waals surface area contributed by atoms with Gasteiger partial charge in [-0.15, -0.1) is 0 Å². The van der Waals surface area contributed by atoms with Gasteiger partial charge >= 0.3 is 0 Å². The van der Waals surface area contributed by atoms with Crippen LogP contribution in [0, 0.1) is 17.2 Å². The van der Waals surface area contributed by atoms with Crippen LogP contribution >= 0.6 is 0 Å². The van der Waals surface area contributed by atoms with Crippen LogP contribution in [0.5, 0.6) is 0 Å². The van der Waals surface area contributed by atoms with Crippen LogP contribution in [0.1, 0.15) is 0 Å². The van der Waals surface area contributed by atoms with Gasteiger partial charge in [-0.3, -0.25) is 10.6 Å². The molecule has 0 atom stereocenters. The summed E-state index contributed by atoms with van der Waals surface area (Å²) in [5.74, 6) is -0.0835. The second-order valence-corrected chi connectivity index (χ2v) is 2.74. The van der Waals surface area contributed by atoms with Crippen molar-refractivity contribution in [1.82, 2.24) is 10.6 Å². The highest BCUT2D eigenvalue weighted by Gasteiger charge is 2.21. The molecule has 0 fully saturated rings. The number of allylic oxidation sites excluding steroid dienone is 2. The zero-order valence-electron chi connectivity index (χ0n) is 7.33. The van der Waals surface area contributed by atoms with E-state index in [-0.39, 0.29) is 11.6 Å². The Hall–Kier alpha value is -1.11. The Labute approximate surface area is 72.8 Å². The molecule has 1 aliphatic carbocycles. The Balaban J connectivity index is 2.77. The maximum atomic E-state index is 8.61. The minimum atomic E-state index is -0.270. The van der Waals surface area contributed by atoms with E-state index < -0.39 is 0 Å². The highest BCUT2D eigenvalue weighted by Crippen LogP contribution is 2.14. The van der Waals surface area contributed by atoms with Gasteiger partial charge in [-0.1, -0.05) is 12.2 Å². The fraction of sp³-hybridized carbons (Fsp3) is 0.444. The molecule has 64 valence electrons. The largest absolute Gasteiger partial charge is 0.296 e. The lowest BCUT2D eigenvalue weighted by Gasteiger charge is -2.28. The van der Waals surface area contributed by atoms with E-state index in [0.29, 0.717) is 0 Å². The van der Waals surface area contributed by atoms with E-state index in [0.717, 1.165) is 0 Å². The Morgan fingerprint density at radius 3 is 2.08 bits per heavy atom. The maximum Gasteiger partial charge on any atom is 0.107 e. The van der Waals surface area contributed by atoms with Gasteiger partial charge in [-0.05, 0) is 26.2 Å². The summed E-state index contributed by atoms with van der Waals surface area (Å²) in [6, 6.07) is 2.16. The fourth-order valence-electron chi connectivity index (χ4n) is 1.18. The average Bonchev–Trinajstić information content (AvgIpc) is 2.18. The van der Waals surface area contributed by atoms with Crippen LogP contribution in [-0.2, 0) is 0 Å². The molecule has 1 rings (SSSR count). The van der Waals surface area contributed by atoms with E-state index in [1.165, 1.54) is 0 Å². The Kier molecular flexibility index (Phi) is 2.64. The van der Waals surface area contributed by atoms with Crippen LogP contribution in [0.25, 0.3) is 0 Å². The first-order chi connectivity index (χ1) is 5.76. The monoisotopic (exact) mass is 163 g/mol. The quantitative estimate of drug-likeness (QED) is 0.457. The topological polar surface area (TPSA) is 47.8 Å². The predicted octanol–water partition coefficient (Wildman–Crippen LogP) is 0.387. The van der Waals surface area contributed by atoms with E-state index in [9.17, 15) is 0 Å². The average molecular weight is 163 g/mol. The zero-order valence-corrected chi connectivity index (χ0v) is 7.33. The van der Waals surface area contributed by atoms with Gasteiger partial charge in [0.15, 0.2) is 0 Å². The Morgan fingerprint density at radius 1 is 1.25 bits per heavy atom. The normalized spacial score (nSPS) is 20.8. The van der Waals surface area contributed by atoms with Crippen LogP contribution in [0.15, 0.2) is 24.3 Å². The van der Waals surface area contributed by atoms with E-state index in [4.69, 9.17) is 5.26 Å². The van der Waals surface area contributed by atoms with Crippen LogP contribution in [0.4, 0.5) is 0 Å². The van der Waals surface area contributed by atoms with E-state index >= 15 is 0 Å². The number of hydrogen-bond donors (Lipinski definition) is 2. The summed E-state index contributed by atoms with van der Waals surface area (Å²) in [5.41, 5.74) is -0.270. The number of hydrogen-bond acceptors (Lipinski definition) is 3. The molecule has 0 aromatic heterocycles. The molecule has 1 aliphatic rings. The lowest BCUT2D eigenvalue weighted by Crippen LogP contribution is -2.51. The predicted molar refractivity (Wildman–Crippen MR) is 48.2 cm³/mol. The first-order valence-corrected chi connectivity index (χ1v) is 3.92. The van der Waals surface area contributed by atoms with Gasteiger partial charge in [0.25, 0.3) is 0 Å². The molecule has 0 saturated heterocycles. The third kappa shape index (κ3) is 1.55. The third-order valence-electron chi connectivity index (χ3n) is 2.11. The molecule has 3 nitrogen and oxygen atoms in total. The molecular weight excluding hydrogens is 150 g/mol. The highest BCUT2D eigenvalue weighted by molar-refractivity contribution is 5.27. The van der Waals surface area contributed by atoms with Crippen molar-refractivity contribution in [3.05, 3.63) is 24.3 Å². The molecule has 0 radical (unpaired) electrons. The number of rotatable bonds is 2. The molecule has 0 unspecified atom stereocenters. The van der Waals surface area contributed by atoms with Crippen molar-refractivity contribution in [3.63, 3.8) is 0 Å². The van der Waals surface area contributed by atoms with Gasteiger partial charge in [0.05, 0.1) is 12.0 Å². The first-order valence-electron chi connectivity index (χ1n) is 3.92. The number of nitrogens with one attached hydrogen (secondary N) is 2. The number of likely N-dealkylation sites (N-methyl/N-ethyl adjacent to an activating group) is 2. The Bertz CT molecular complexity index is 227. The van der Waals surface area contributed by atoms with Crippen molar-refractivity contribution in [3.8, 4) is 6.07 Å². The minimum Gasteiger partial charge on any atom is -0.296 e. The van der Waals surface area contributed by atoms with Gasteiger partial charge in [0, 0.05) is 0 Å². The van der Waals surface area contributed by atoms with E-state index in [1.54, 1.807) is 0 Å². The lowest BCUT2D eigenvalue weighted by atomic mass is 9.97. The molecule has 2 N–H and O–H groups in total. The van der Waals surface area contributed by atoms with Crippen molar-refractivity contribution < 1.29 is 0 Å². The van der Waals surface area contributed by atoms with Crippen molar-refractivity contribution in [2.45, 2.75) is 5.66 Å². The van der Waals surface area contributed by atoms with Crippen molar-refractivity contribution in [2.24, 2.45) is 5.92 Å². The summed E-state index contributed by atoms with van der Waals surface area (Å²) in [6.07, 6.45) is 7.68. The van der Waals surface area contributed by atoms with Gasteiger partial charge in [-0.2, -0.15) is 5.26 Å². The molecular formula is C9H13N3. The van der Waals surface area contributed by atoms with Crippen molar-refractivity contribution in [1.29, 1.82) is 5.26 Å². The summed E-state index contributed by atoms with van der Waals surface area (Å²) in [7, 11) is 3.75. The van der Waals surface area contributed by atoms with Gasteiger partial charge in [0.2, 0.25) is 0 Å². The second kappa shape index (κ2) is 3.53. The molecule has 12 heavy (non-hydrogen) atoms. The maximum absolute atomic E-state index is 8.61. The van der Waals surface area contributed by atoms with Gasteiger partial charge in [-0.25, -0.2) is 0 Å². The summed E-state index contributed by atoms with van der Waals surface area (Å²) >= 11 is 0. The first kappa shape index (κ1) is 8.98. The lowest BCUT2D eigenvalue weighted by molar-refractivity contribution is 0.456. The van der Waals surface area contributed by atoms with Crippen LogP contribution in [0.2, 0.25) is 0 Å². The molecule has 0 saturated carbocycles. The van der Waals surface area contributed by atoms with E-state index in [1.807, 2.05) is 38.4 Å². The van der Waals surface area contributed by atoms with Crippen molar-refractivity contribution in [2.75, 3.05) is 14.1 Å². The number of nitrogens with zero attached hydrogens (tertiary/aromatic N) is 1. The molecule has 0 amide bonds. The van der Waals surface area contributed by atoms with Crippen LogP contribution < -0.4 is 10.6 Å². The summed E-state index contributed by atoms with van der Waals surface area (Å²) < 4.78 is 0. The molecule has 0 spiro atoms. The highest BCUT2D eigenvalue weighted by atomic mass is 15.1. The standard InChI is InChI=1S/C9H13N3/c1-11-9(12-2)5-3-8(7-10)4-6-9/h3-6,8,11-12H,1-2H3. The SMILES string of the molecule is CNC1(NC)C=CC(C#N)C=C1.